The molecular weight excluding hydrogens is 231 g/mol. The third-order valence-electron chi connectivity index (χ3n) is 3.24. The van der Waals surface area contributed by atoms with E-state index in [2.05, 4.69) is 0 Å². The van der Waals surface area contributed by atoms with Crippen molar-refractivity contribution in [2.24, 2.45) is 5.73 Å². The van der Waals surface area contributed by atoms with Gasteiger partial charge in [0.25, 0.3) is 0 Å². The molecule has 0 aromatic heterocycles. The van der Waals surface area contributed by atoms with Crippen LogP contribution in [0, 0.1) is 5.82 Å². The van der Waals surface area contributed by atoms with Crippen LogP contribution >= 0.6 is 0 Å². The third kappa shape index (κ3) is 2.76. The molecule has 1 saturated heterocycles. The number of carbonyl (C=O) groups is 1. The Morgan fingerprint density at radius 2 is 2.28 bits per heavy atom. The monoisotopic (exact) mass is 248 g/mol. The normalized spacial score (nSPS) is 19.7. The Bertz CT molecular complexity index is 459. The predicted molar refractivity (Wildman–Crippen MR) is 69.2 cm³/mol. The van der Waals surface area contributed by atoms with Crippen LogP contribution in [0.3, 0.4) is 0 Å². The van der Waals surface area contributed by atoms with Gasteiger partial charge in [0.05, 0.1) is 0 Å². The maximum absolute atomic E-state index is 13.4. The van der Waals surface area contributed by atoms with Gasteiger partial charge in [-0.05, 0) is 25.0 Å². The molecule has 4 heteroatoms. The second kappa shape index (κ2) is 5.78. The van der Waals surface area contributed by atoms with Gasteiger partial charge in [-0.1, -0.05) is 18.2 Å². The molecular formula is C14H17FN2O. The number of halogens is 1. The van der Waals surface area contributed by atoms with Crippen LogP contribution in [0.4, 0.5) is 4.39 Å². The van der Waals surface area contributed by atoms with Crippen molar-refractivity contribution >= 4 is 12.0 Å². The molecule has 18 heavy (non-hydrogen) atoms. The van der Waals surface area contributed by atoms with Gasteiger partial charge in [0, 0.05) is 30.8 Å². The Labute approximate surface area is 106 Å². The number of carbonyl (C=O) groups excluding carboxylic acids is 1. The summed E-state index contributed by atoms with van der Waals surface area (Å²) < 4.78 is 13.4. The number of likely N-dealkylation sites (tertiary alicyclic amines) is 1. The molecule has 0 aliphatic carbocycles. The Morgan fingerprint density at radius 3 is 3.00 bits per heavy atom. The largest absolute Gasteiger partial charge is 0.335 e. The lowest BCUT2D eigenvalue weighted by Crippen LogP contribution is -2.38. The molecule has 0 saturated carbocycles. The summed E-state index contributed by atoms with van der Waals surface area (Å²) in [5.74, 6) is -0.412. The molecule has 0 radical (unpaired) electrons. The first-order chi connectivity index (χ1) is 8.72. The van der Waals surface area contributed by atoms with Crippen molar-refractivity contribution in [2.75, 3.05) is 13.1 Å². The van der Waals surface area contributed by atoms with Crippen molar-refractivity contribution in [1.82, 2.24) is 4.90 Å². The Hall–Kier alpha value is -1.68. The number of rotatable bonds is 3. The summed E-state index contributed by atoms with van der Waals surface area (Å²) in [6.07, 6.45) is 4.88. The molecule has 1 fully saturated rings. The summed E-state index contributed by atoms with van der Waals surface area (Å²) in [5.41, 5.74) is 6.04. The van der Waals surface area contributed by atoms with Gasteiger partial charge in [-0.15, -0.1) is 0 Å². The van der Waals surface area contributed by atoms with Crippen molar-refractivity contribution in [3.05, 3.63) is 41.7 Å². The van der Waals surface area contributed by atoms with Gasteiger partial charge in [-0.3, -0.25) is 4.79 Å². The van der Waals surface area contributed by atoms with Gasteiger partial charge in [0.1, 0.15) is 5.82 Å². The molecule has 2 rings (SSSR count). The van der Waals surface area contributed by atoms with E-state index in [-0.39, 0.29) is 17.8 Å². The van der Waals surface area contributed by atoms with Gasteiger partial charge in [0.2, 0.25) is 5.91 Å². The van der Waals surface area contributed by atoms with E-state index < -0.39 is 0 Å². The molecule has 1 aromatic carbocycles. The standard InChI is InChI=1S/C14H17FN2O/c15-13-6-2-1-4-11(13)7-8-14(18)17-9-3-5-12(17)10-16/h1-2,4,6-8,12H,3,5,9-10,16H2. The third-order valence-corrected chi connectivity index (χ3v) is 3.24. The highest BCUT2D eigenvalue weighted by Crippen LogP contribution is 2.17. The lowest BCUT2D eigenvalue weighted by atomic mass is 10.2. The second-order valence-electron chi connectivity index (χ2n) is 4.42. The fourth-order valence-electron chi connectivity index (χ4n) is 2.24. The van der Waals surface area contributed by atoms with E-state index in [1.165, 1.54) is 18.2 Å². The van der Waals surface area contributed by atoms with Crippen molar-refractivity contribution in [3.63, 3.8) is 0 Å². The van der Waals surface area contributed by atoms with E-state index in [9.17, 15) is 9.18 Å². The first-order valence-electron chi connectivity index (χ1n) is 6.15. The van der Waals surface area contributed by atoms with Gasteiger partial charge >= 0.3 is 0 Å². The number of nitrogens with two attached hydrogens (primary N) is 1. The number of amides is 1. The van der Waals surface area contributed by atoms with Gasteiger partial charge in [-0.2, -0.15) is 0 Å². The number of hydrogen-bond acceptors (Lipinski definition) is 2. The number of benzene rings is 1. The molecule has 2 N–H and O–H groups in total. The van der Waals surface area contributed by atoms with E-state index in [0.717, 1.165) is 19.4 Å². The molecule has 0 spiro atoms. The summed E-state index contributed by atoms with van der Waals surface area (Å²) in [6, 6.07) is 6.51. The maximum atomic E-state index is 13.4. The molecule has 1 aliphatic heterocycles. The van der Waals surface area contributed by atoms with Crippen molar-refractivity contribution in [3.8, 4) is 0 Å². The molecule has 96 valence electrons. The van der Waals surface area contributed by atoms with Crippen LogP contribution in [-0.4, -0.2) is 29.9 Å². The molecule has 1 unspecified atom stereocenters. The summed E-state index contributed by atoms with van der Waals surface area (Å²) in [5, 5.41) is 0. The first-order valence-corrected chi connectivity index (χ1v) is 6.15. The SMILES string of the molecule is NCC1CCCN1C(=O)C=Cc1ccccc1F. The molecule has 0 bridgehead atoms. The topological polar surface area (TPSA) is 46.3 Å². The first kappa shape index (κ1) is 12.8. The highest BCUT2D eigenvalue weighted by molar-refractivity contribution is 5.92. The minimum Gasteiger partial charge on any atom is -0.335 e. The molecule has 1 aromatic rings. The Balaban J connectivity index is 2.05. The van der Waals surface area contributed by atoms with Crippen LogP contribution in [0.5, 0.6) is 0 Å². The van der Waals surface area contributed by atoms with Gasteiger partial charge in [0.15, 0.2) is 0 Å². The minimum atomic E-state index is -0.321. The van der Waals surface area contributed by atoms with E-state index >= 15 is 0 Å². The molecule has 1 heterocycles. The minimum absolute atomic E-state index is 0.0915. The van der Waals surface area contributed by atoms with E-state index in [1.54, 1.807) is 23.1 Å². The lowest BCUT2D eigenvalue weighted by molar-refractivity contribution is -0.126. The second-order valence-corrected chi connectivity index (χ2v) is 4.42. The van der Waals surface area contributed by atoms with E-state index in [1.807, 2.05) is 0 Å². The molecule has 1 amide bonds. The lowest BCUT2D eigenvalue weighted by Gasteiger charge is -2.21. The average Bonchev–Trinajstić information content (AvgIpc) is 2.86. The van der Waals surface area contributed by atoms with Crippen LogP contribution in [0.15, 0.2) is 30.3 Å². The zero-order chi connectivity index (χ0) is 13.0. The maximum Gasteiger partial charge on any atom is 0.246 e. The average molecular weight is 248 g/mol. The highest BCUT2D eigenvalue weighted by Gasteiger charge is 2.25. The quantitative estimate of drug-likeness (QED) is 0.829. The molecule has 3 nitrogen and oxygen atoms in total. The summed E-state index contributed by atoms with van der Waals surface area (Å²) >= 11 is 0. The Kier molecular flexibility index (Phi) is 4.10. The van der Waals surface area contributed by atoms with E-state index in [4.69, 9.17) is 5.73 Å². The van der Waals surface area contributed by atoms with Crippen LogP contribution in [0.1, 0.15) is 18.4 Å². The summed E-state index contributed by atoms with van der Waals surface area (Å²) in [4.78, 5) is 13.7. The van der Waals surface area contributed by atoms with Crippen LogP contribution in [0.2, 0.25) is 0 Å². The van der Waals surface area contributed by atoms with Crippen molar-refractivity contribution in [2.45, 2.75) is 18.9 Å². The number of nitrogens with zero attached hydrogens (tertiary/aromatic N) is 1. The van der Waals surface area contributed by atoms with Crippen molar-refractivity contribution < 1.29 is 9.18 Å². The smallest absolute Gasteiger partial charge is 0.246 e. The highest BCUT2D eigenvalue weighted by atomic mass is 19.1. The fraction of sp³-hybridized carbons (Fsp3) is 0.357. The van der Waals surface area contributed by atoms with Crippen LogP contribution in [-0.2, 0) is 4.79 Å². The van der Waals surface area contributed by atoms with E-state index in [0.29, 0.717) is 12.1 Å². The Morgan fingerprint density at radius 1 is 1.50 bits per heavy atom. The van der Waals surface area contributed by atoms with Crippen molar-refractivity contribution in [1.29, 1.82) is 0 Å². The zero-order valence-corrected chi connectivity index (χ0v) is 10.2. The summed E-state index contributed by atoms with van der Waals surface area (Å²) in [6.45, 7) is 1.22. The van der Waals surface area contributed by atoms with Gasteiger partial charge in [-0.25, -0.2) is 4.39 Å². The molecule has 1 atom stereocenters. The van der Waals surface area contributed by atoms with Crippen LogP contribution < -0.4 is 5.73 Å². The van der Waals surface area contributed by atoms with Gasteiger partial charge < -0.3 is 10.6 Å². The summed E-state index contributed by atoms with van der Waals surface area (Å²) in [7, 11) is 0. The van der Waals surface area contributed by atoms with Crippen LogP contribution in [0.25, 0.3) is 6.08 Å². The fourth-order valence-corrected chi connectivity index (χ4v) is 2.24. The predicted octanol–water partition coefficient (Wildman–Crippen LogP) is 1.79. The zero-order valence-electron chi connectivity index (χ0n) is 10.2. The number of hydrogen-bond donors (Lipinski definition) is 1. The molecule has 1 aliphatic rings.